The molecule has 0 N–H and O–H groups in total. The third kappa shape index (κ3) is 10.4. The summed E-state index contributed by atoms with van der Waals surface area (Å²) < 4.78 is 198. The first-order valence-electron chi connectivity index (χ1n) is 16.9. The number of benzene rings is 3. The first kappa shape index (κ1) is 45.0. The van der Waals surface area contributed by atoms with E-state index in [0.717, 1.165) is 51.0 Å². The monoisotopic (exact) mass is 832 g/mol. The molecular formula is C38H33F13O6. The van der Waals surface area contributed by atoms with Gasteiger partial charge in [0.1, 0.15) is 17.2 Å². The summed E-state index contributed by atoms with van der Waals surface area (Å²) in [5.74, 6) is -27.7. The molecule has 0 saturated carbocycles. The molecule has 0 bridgehead atoms. The molecule has 0 aliphatic carbocycles. The highest BCUT2D eigenvalue weighted by Gasteiger charge is 2.91. The zero-order valence-electron chi connectivity index (χ0n) is 29.7. The predicted octanol–water partition coefficient (Wildman–Crippen LogP) is 10.4. The molecule has 0 radical (unpaired) electrons. The number of esters is 1. The lowest BCUT2D eigenvalue weighted by Crippen LogP contribution is -2.70. The van der Waals surface area contributed by atoms with Gasteiger partial charge in [0.2, 0.25) is 0 Å². The van der Waals surface area contributed by atoms with Gasteiger partial charge in [0.05, 0.1) is 32.0 Å². The molecule has 0 unspecified atom stereocenters. The lowest BCUT2D eigenvalue weighted by Gasteiger charge is -2.39. The topological polar surface area (TPSA) is 63.2 Å². The van der Waals surface area contributed by atoms with E-state index in [9.17, 15) is 61.9 Å². The van der Waals surface area contributed by atoms with E-state index in [1.54, 1.807) is 12.1 Å². The van der Waals surface area contributed by atoms with Gasteiger partial charge in [0, 0.05) is 23.1 Å². The number of carbonyl (C=O) groups excluding carboxylic acids is 1. The van der Waals surface area contributed by atoms with E-state index in [1.807, 2.05) is 0 Å². The average molecular weight is 833 g/mol. The first-order valence-corrected chi connectivity index (χ1v) is 16.9. The Balaban J connectivity index is 1.23. The van der Waals surface area contributed by atoms with Gasteiger partial charge < -0.3 is 23.7 Å². The third-order valence-electron chi connectivity index (χ3n) is 8.31. The molecule has 19 heteroatoms. The number of ether oxygens (including phenoxy) is 5. The fraction of sp³-hybridized carbons (Fsp3) is 0.447. The Hall–Kier alpha value is -4.70. The normalized spacial score (nSPS) is 14.9. The van der Waals surface area contributed by atoms with Crippen LogP contribution in [-0.4, -0.2) is 75.0 Å². The van der Waals surface area contributed by atoms with Crippen LogP contribution in [0.2, 0.25) is 0 Å². The fourth-order valence-corrected chi connectivity index (χ4v) is 4.88. The molecule has 0 aromatic heterocycles. The molecule has 1 saturated heterocycles. The molecule has 4 rings (SSSR count). The van der Waals surface area contributed by atoms with Crippen molar-refractivity contribution in [2.45, 2.75) is 68.6 Å². The molecule has 3 aromatic rings. The van der Waals surface area contributed by atoms with Gasteiger partial charge in [-0.25, -0.2) is 4.79 Å². The lowest BCUT2D eigenvalue weighted by molar-refractivity contribution is -0.456. The summed E-state index contributed by atoms with van der Waals surface area (Å²) in [6, 6.07) is 14.4. The highest BCUT2D eigenvalue weighted by Crippen LogP contribution is 2.60. The minimum absolute atomic E-state index is 0.0343. The van der Waals surface area contributed by atoms with Crippen molar-refractivity contribution in [1.29, 1.82) is 0 Å². The van der Waals surface area contributed by atoms with Gasteiger partial charge in [-0.15, -0.1) is 0 Å². The molecule has 312 valence electrons. The number of hydrogen-bond acceptors (Lipinski definition) is 6. The van der Waals surface area contributed by atoms with Crippen LogP contribution in [0.1, 0.15) is 54.1 Å². The van der Waals surface area contributed by atoms with Crippen molar-refractivity contribution in [3.8, 4) is 29.1 Å². The van der Waals surface area contributed by atoms with E-state index >= 15 is 0 Å². The van der Waals surface area contributed by atoms with Gasteiger partial charge in [-0.2, -0.15) is 57.1 Å². The molecule has 3 aromatic carbocycles. The van der Waals surface area contributed by atoms with Crippen molar-refractivity contribution in [3.63, 3.8) is 0 Å². The third-order valence-corrected chi connectivity index (χ3v) is 8.31. The molecule has 1 aliphatic rings. The minimum Gasteiger partial charge on any atom is -0.494 e. The molecule has 1 aliphatic heterocycles. The minimum atomic E-state index is -8.03. The number of unbranched alkanes of at least 4 members (excludes halogenated alkanes) is 3. The summed E-state index contributed by atoms with van der Waals surface area (Å²) in [7, 11) is 0. The Morgan fingerprint density at radius 2 is 1.09 bits per heavy atom. The molecule has 1 fully saturated rings. The summed E-state index contributed by atoms with van der Waals surface area (Å²) in [5.41, 5.74) is 0.644. The Bertz CT molecular complexity index is 1850. The molecule has 0 spiro atoms. The van der Waals surface area contributed by atoms with Crippen LogP contribution >= 0.6 is 0 Å². The van der Waals surface area contributed by atoms with Gasteiger partial charge in [-0.05, 0) is 92.1 Å². The fourth-order valence-electron chi connectivity index (χ4n) is 4.88. The molecule has 1 heterocycles. The van der Waals surface area contributed by atoms with E-state index in [1.165, 1.54) is 36.4 Å². The van der Waals surface area contributed by atoms with Crippen molar-refractivity contribution in [1.82, 2.24) is 0 Å². The standard InChI is InChI=1S/C38H33F13O6/c1-32(23-54-24-32)22-53-20-4-2-3-5-21-55-28-18-12-27(13-19-28)31(52)56-29-14-8-25(9-15-29)6-7-26-10-16-30(17-11-26)57-38(50,51)36(45,46)34(41,42)33(39,40)35(43,44)37(47,48)49/h8-19H,2-5,20-24H2,1H3. The van der Waals surface area contributed by atoms with Crippen molar-refractivity contribution in [3.05, 3.63) is 89.5 Å². The van der Waals surface area contributed by atoms with E-state index in [0.29, 0.717) is 43.3 Å². The van der Waals surface area contributed by atoms with Crippen molar-refractivity contribution >= 4 is 5.97 Å². The summed E-state index contributed by atoms with van der Waals surface area (Å²) in [4.78, 5) is 12.6. The van der Waals surface area contributed by atoms with Crippen LogP contribution in [0.3, 0.4) is 0 Å². The molecular weight excluding hydrogens is 799 g/mol. The molecule has 0 atom stereocenters. The summed E-state index contributed by atoms with van der Waals surface area (Å²) in [6.45, 7) is 5.49. The maximum absolute atomic E-state index is 14.0. The second-order valence-corrected chi connectivity index (χ2v) is 13.2. The van der Waals surface area contributed by atoms with Crippen LogP contribution < -0.4 is 14.2 Å². The lowest BCUT2D eigenvalue weighted by atomic mass is 9.90. The van der Waals surface area contributed by atoms with Crippen molar-refractivity contribution < 1.29 is 85.6 Å². The number of carbonyl (C=O) groups is 1. The van der Waals surface area contributed by atoms with Crippen LogP contribution in [-0.2, 0) is 9.47 Å². The van der Waals surface area contributed by atoms with Gasteiger partial charge in [0.15, 0.2) is 0 Å². The average Bonchev–Trinajstić information content (AvgIpc) is 3.13. The SMILES string of the molecule is CC1(COCCCCCCOc2ccc(C(=O)Oc3ccc(C#Cc4ccc(OC(F)(F)C(F)(F)C(F)(F)C(F)(F)C(F)(F)C(F)(F)F)cc4)cc3)cc2)COC1. The largest absolute Gasteiger partial charge is 0.494 e. The smallest absolute Gasteiger partial charge is 0.471 e. The van der Waals surface area contributed by atoms with Crippen LogP contribution in [0, 0.1) is 17.3 Å². The van der Waals surface area contributed by atoms with Gasteiger partial charge >= 0.3 is 41.9 Å². The van der Waals surface area contributed by atoms with Gasteiger partial charge in [0.25, 0.3) is 0 Å². The summed E-state index contributed by atoms with van der Waals surface area (Å²) >= 11 is 0. The molecule has 0 amide bonds. The maximum Gasteiger partial charge on any atom is 0.471 e. The Labute approximate surface area is 317 Å². The summed E-state index contributed by atoms with van der Waals surface area (Å²) in [6.07, 6.45) is -10.5. The van der Waals surface area contributed by atoms with Crippen LogP contribution in [0.4, 0.5) is 57.1 Å². The Morgan fingerprint density at radius 1 is 0.614 bits per heavy atom. The maximum atomic E-state index is 14.0. The first-order chi connectivity index (χ1) is 26.4. The Kier molecular flexibility index (Phi) is 13.8. The van der Waals surface area contributed by atoms with E-state index in [-0.39, 0.29) is 22.3 Å². The van der Waals surface area contributed by atoms with Crippen molar-refractivity contribution in [2.75, 3.05) is 33.0 Å². The second-order valence-electron chi connectivity index (χ2n) is 13.2. The van der Waals surface area contributed by atoms with Gasteiger partial charge in [-0.1, -0.05) is 25.2 Å². The van der Waals surface area contributed by atoms with Gasteiger partial charge in [-0.3, -0.25) is 0 Å². The van der Waals surface area contributed by atoms with E-state index in [2.05, 4.69) is 23.5 Å². The van der Waals surface area contributed by atoms with Crippen molar-refractivity contribution in [2.24, 2.45) is 5.41 Å². The van der Waals surface area contributed by atoms with Crippen LogP contribution in [0.15, 0.2) is 72.8 Å². The summed E-state index contributed by atoms with van der Waals surface area (Å²) in [5, 5.41) is 0. The predicted molar refractivity (Wildman–Crippen MR) is 175 cm³/mol. The zero-order valence-corrected chi connectivity index (χ0v) is 29.7. The van der Waals surface area contributed by atoms with E-state index in [4.69, 9.17) is 18.9 Å². The van der Waals surface area contributed by atoms with Crippen LogP contribution in [0.25, 0.3) is 0 Å². The molecule has 57 heavy (non-hydrogen) atoms. The highest BCUT2D eigenvalue weighted by molar-refractivity contribution is 5.91. The second kappa shape index (κ2) is 17.4. The quantitative estimate of drug-likeness (QED) is 0.0418. The zero-order chi connectivity index (χ0) is 42.3. The van der Waals surface area contributed by atoms with Crippen LogP contribution in [0.5, 0.6) is 17.2 Å². The number of alkyl halides is 13. The molecule has 6 nitrogen and oxygen atoms in total. The number of rotatable bonds is 18. The number of halogens is 13. The highest BCUT2D eigenvalue weighted by atomic mass is 19.4. The Morgan fingerprint density at radius 3 is 1.58 bits per heavy atom. The van der Waals surface area contributed by atoms with E-state index < -0.39 is 47.7 Å². The number of hydrogen-bond donors (Lipinski definition) is 0.